The Morgan fingerprint density at radius 1 is 1.15 bits per heavy atom. The molecule has 0 radical (unpaired) electrons. The molecule has 2 N–H and O–H groups in total. The molecule has 0 aliphatic rings. The van der Waals surface area contributed by atoms with Gasteiger partial charge in [0.15, 0.2) is 0 Å². The fourth-order valence-corrected chi connectivity index (χ4v) is 1.30. The van der Waals surface area contributed by atoms with Crippen molar-refractivity contribution in [2.24, 2.45) is 5.84 Å². The van der Waals surface area contributed by atoms with E-state index in [0.717, 1.165) is 0 Å². The molecule has 20 heavy (non-hydrogen) atoms. The average Bonchev–Trinajstić information content (AvgIpc) is 2.35. The molecule has 0 atom stereocenters. The third kappa shape index (κ3) is 3.74. The number of nitrogens with two attached hydrogens (primary N) is 1. The predicted molar refractivity (Wildman–Crippen MR) is 68.0 cm³/mol. The van der Waals surface area contributed by atoms with Crippen molar-refractivity contribution in [2.45, 2.75) is 32.4 Å². The Labute approximate surface area is 115 Å². The number of benzene rings is 1. The van der Waals surface area contributed by atoms with Crippen LogP contribution in [0.4, 0.5) is 13.6 Å². The summed E-state index contributed by atoms with van der Waals surface area (Å²) in [6.45, 7) is 4.49. The van der Waals surface area contributed by atoms with Crippen molar-refractivity contribution in [1.29, 1.82) is 0 Å². The van der Waals surface area contributed by atoms with E-state index >= 15 is 0 Å². The van der Waals surface area contributed by atoms with Crippen LogP contribution in [0.15, 0.2) is 30.3 Å². The van der Waals surface area contributed by atoms with E-state index in [0.29, 0.717) is 0 Å². The van der Waals surface area contributed by atoms with Crippen LogP contribution in [0.3, 0.4) is 0 Å². The molecular weight excluding hydrogens is 270 g/mol. The summed E-state index contributed by atoms with van der Waals surface area (Å²) in [4.78, 5) is 23.2. The number of hydrazine groups is 1. The molecule has 0 saturated carbocycles. The maximum Gasteiger partial charge on any atom is 0.430 e. The van der Waals surface area contributed by atoms with Crippen LogP contribution >= 0.6 is 0 Å². The van der Waals surface area contributed by atoms with Crippen LogP contribution in [0.2, 0.25) is 0 Å². The van der Waals surface area contributed by atoms with E-state index in [9.17, 15) is 18.4 Å². The topological polar surface area (TPSA) is 72.6 Å². The minimum absolute atomic E-state index is 0.253. The Hall–Kier alpha value is -2.02. The molecule has 0 spiro atoms. The second-order valence-corrected chi connectivity index (χ2v) is 5.09. The summed E-state index contributed by atoms with van der Waals surface area (Å²) in [6, 6.07) is 2.65. The number of ether oxygens (including phenoxy) is 1. The van der Waals surface area contributed by atoms with Crippen LogP contribution in [0, 0.1) is 0 Å². The summed E-state index contributed by atoms with van der Waals surface area (Å²) in [6.07, 6.45) is -1.48. The number of alkyl halides is 2. The van der Waals surface area contributed by atoms with Crippen molar-refractivity contribution >= 4 is 11.9 Å². The maximum atomic E-state index is 13.9. The first kappa shape index (κ1) is 16.0. The fourth-order valence-electron chi connectivity index (χ4n) is 1.30. The predicted octanol–water partition coefficient (Wildman–Crippen LogP) is 2.57. The van der Waals surface area contributed by atoms with Crippen LogP contribution < -0.4 is 5.84 Å². The number of carbonyl (C=O) groups is 2. The van der Waals surface area contributed by atoms with Gasteiger partial charge in [-0.2, -0.15) is 13.8 Å². The number of hydrogen-bond donors (Lipinski definition) is 1. The van der Waals surface area contributed by atoms with Crippen LogP contribution in [0.25, 0.3) is 0 Å². The van der Waals surface area contributed by atoms with Gasteiger partial charge in [-0.3, -0.25) is 4.79 Å². The average molecular weight is 286 g/mol. The molecule has 1 rings (SSSR count). The monoisotopic (exact) mass is 286 g/mol. The van der Waals surface area contributed by atoms with Crippen LogP contribution in [-0.4, -0.2) is 28.5 Å². The lowest BCUT2D eigenvalue weighted by Crippen LogP contribution is -2.56. The number of amides is 1. The Morgan fingerprint density at radius 3 is 2.10 bits per heavy atom. The summed E-state index contributed by atoms with van der Waals surface area (Å²) < 4.78 is 32.4. The van der Waals surface area contributed by atoms with Crippen LogP contribution in [0.1, 0.15) is 31.1 Å². The minimum Gasteiger partial charge on any atom is -0.443 e. The molecule has 0 aromatic heterocycles. The first-order valence-corrected chi connectivity index (χ1v) is 5.81. The lowest BCUT2D eigenvalue weighted by molar-refractivity contribution is -0.108. The van der Waals surface area contributed by atoms with E-state index in [2.05, 4.69) is 0 Å². The molecule has 0 saturated heterocycles. The molecule has 1 aromatic rings. The zero-order valence-corrected chi connectivity index (χ0v) is 11.4. The summed E-state index contributed by atoms with van der Waals surface area (Å²) >= 11 is 0. The van der Waals surface area contributed by atoms with Gasteiger partial charge in [-0.1, -0.05) is 30.3 Å². The van der Waals surface area contributed by atoms with Crippen molar-refractivity contribution in [3.05, 3.63) is 35.9 Å². The third-order valence-electron chi connectivity index (χ3n) is 2.20. The van der Waals surface area contributed by atoms with Crippen molar-refractivity contribution in [3.63, 3.8) is 0 Å². The summed E-state index contributed by atoms with van der Waals surface area (Å²) in [5.41, 5.74) is -1.25. The molecule has 0 heterocycles. The highest BCUT2D eigenvalue weighted by molar-refractivity contribution is 6.02. The Balaban J connectivity index is 2.93. The second kappa shape index (κ2) is 5.54. The Bertz CT molecular complexity index is 498. The first-order chi connectivity index (χ1) is 9.05. The van der Waals surface area contributed by atoms with E-state index in [4.69, 9.17) is 10.6 Å². The van der Waals surface area contributed by atoms with Crippen molar-refractivity contribution in [1.82, 2.24) is 5.01 Å². The zero-order chi connectivity index (χ0) is 15.6. The number of nitrogens with zero attached hydrogens (tertiary/aromatic N) is 1. The third-order valence-corrected chi connectivity index (χ3v) is 2.20. The first-order valence-electron chi connectivity index (χ1n) is 5.81. The smallest absolute Gasteiger partial charge is 0.430 e. The molecule has 5 nitrogen and oxygen atoms in total. The van der Waals surface area contributed by atoms with Crippen LogP contribution in [-0.2, 0) is 4.74 Å². The fraction of sp³-hybridized carbons (Fsp3) is 0.385. The van der Waals surface area contributed by atoms with Crippen molar-refractivity contribution < 1.29 is 23.1 Å². The number of rotatable bonds is 3. The molecule has 110 valence electrons. The molecule has 0 unspecified atom stereocenters. The van der Waals surface area contributed by atoms with Gasteiger partial charge in [0.2, 0.25) is 0 Å². The molecule has 0 bridgehead atoms. The van der Waals surface area contributed by atoms with E-state index < -0.39 is 28.5 Å². The number of Topliss-reactive ketones (excluding diaryl/α,β-unsaturated/α-hetero) is 1. The number of halogens is 2. The lowest BCUT2D eigenvalue weighted by Gasteiger charge is -2.28. The van der Waals surface area contributed by atoms with Crippen molar-refractivity contribution in [3.8, 4) is 0 Å². The van der Waals surface area contributed by atoms with Gasteiger partial charge in [0.1, 0.15) is 5.60 Å². The Kier molecular flexibility index (Phi) is 4.44. The maximum absolute atomic E-state index is 13.9. The van der Waals surface area contributed by atoms with Crippen LogP contribution in [0.5, 0.6) is 0 Å². The van der Waals surface area contributed by atoms with Gasteiger partial charge < -0.3 is 4.74 Å². The van der Waals surface area contributed by atoms with Gasteiger partial charge in [-0.25, -0.2) is 10.6 Å². The number of carbonyl (C=O) groups excluding carboxylic acids is 2. The number of ketones is 1. The van der Waals surface area contributed by atoms with E-state index in [1.54, 1.807) is 6.07 Å². The van der Waals surface area contributed by atoms with Gasteiger partial charge in [-0.05, 0) is 20.8 Å². The van der Waals surface area contributed by atoms with E-state index in [-0.39, 0.29) is 5.56 Å². The molecule has 0 aliphatic heterocycles. The number of hydrogen-bond acceptors (Lipinski definition) is 4. The Morgan fingerprint density at radius 2 is 1.65 bits per heavy atom. The van der Waals surface area contributed by atoms with Gasteiger partial charge in [0, 0.05) is 5.56 Å². The van der Waals surface area contributed by atoms with Crippen molar-refractivity contribution in [2.75, 3.05) is 0 Å². The van der Waals surface area contributed by atoms with E-state index in [1.165, 1.54) is 45.0 Å². The summed E-state index contributed by atoms with van der Waals surface area (Å²) in [7, 11) is 0. The second-order valence-electron chi connectivity index (χ2n) is 5.09. The quantitative estimate of drug-likeness (QED) is 0.305. The molecule has 1 aromatic carbocycles. The molecule has 7 heteroatoms. The molecular formula is C13H16F2N2O3. The highest BCUT2D eigenvalue weighted by Gasteiger charge is 2.48. The molecule has 0 fully saturated rings. The SMILES string of the molecule is CC(C)(C)OC(=O)N(N)C(F)(F)C(=O)c1ccccc1. The van der Waals surface area contributed by atoms with Gasteiger partial charge >= 0.3 is 12.1 Å². The standard InChI is InChI=1S/C13H16F2N2O3/c1-12(2,3)20-11(19)17(16)13(14,15)10(18)9-7-5-4-6-8-9/h4-8H,16H2,1-3H3. The highest BCUT2D eigenvalue weighted by Crippen LogP contribution is 2.24. The van der Waals surface area contributed by atoms with Gasteiger partial charge in [-0.15, -0.1) is 0 Å². The molecule has 1 amide bonds. The summed E-state index contributed by atoms with van der Waals surface area (Å²) in [5, 5.41) is -0.492. The largest absolute Gasteiger partial charge is 0.443 e. The summed E-state index contributed by atoms with van der Waals surface area (Å²) in [5.74, 6) is 3.45. The zero-order valence-electron chi connectivity index (χ0n) is 11.4. The minimum atomic E-state index is -4.19. The highest BCUT2D eigenvalue weighted by atomic mass is 19.3. The van der Waals surface area contributed by atoms with E-state index in [1.807, 2.05) is 0 Å². The molecule has 0 aliphatic carbocycles. The lowest BCUT2D eigenvalue weighted by atomic mass is 10.1. The van der Waals surface area contributed by atoms with Gasteiger partial charge in [0.25, 0.3) is 5.78 Å². The normalized spacial score (nSPS) is 11.9. The van der Waals surface area contributed by atoms with Gasteiger partial charge in [0.05, 0.1) is 0 Å².